The van der Waals surface area contributed by atoms with Crippen LogP contribution in [0.2, 0.25) is 0 Å². The number of nitro benzene ring substituents is 1. The van der Waals surface area contributed by atoms with E-state index < -0.39 is 28.3 Å². The highest BCUT2D eigenvalue weighted by Gasteiger charge is 2.11. The first-order valence-corrected chi connectivity index (χ1v) is 7.27. The Hall–Kier alpha value is -4.14. The standard InChI is InChI=1S/C9H7NO5.C9H8O3/c11-8-5-6(2-4-9(12)13)1-3-7(8)10(14)15;10-8-3-1-2-7(6-8)4-5-9(11)12/h1-5,11H,(H,12,13);1-6,10H,(H,11,12)/b4-2+;5-4+. The molecule has 9 nitrogen and oxygen atoms in total. The van der Waals surface area contributed by atoms with E-state index in [-0.39, 0.29) is 5.75 Å². The van der Waals surface area contributed by atoms with Crippen LogP contribution in [-0.4, -0.2) is 37.3 Å². The van der Waals surface area contributed by atoms with E-state index in [0.29, 0.717) is 11.1 Å². The minimum atomic E-state index is -1.13. The molecule has 2 aromatic carbocycles. The molecule has 0 aromatic heterocycles. The van der Waals surface area contributed by atoms with E-state index in [9.17, 15) is 24.8 Å². The Balaban J connectivity index is 0.000000277. The molecule has 0 saturated carbocycles. The van der Waals surface area contributed by atoms with Crippen molar-refractivity contribution in [3.8, 4) is 11.5 Å². The number of hydrogen-bond donors (Lipinski definition) is 4. The molecule has 0 bridgehead atoms. The third kappa shape index (κ3) is 7.98. The molecule has 0 aliphatic rings. The molecule has 2 rings (SSSR count). The topological polar surface area (TPSA) is 158 Å². The summed E-state index contributed by atoms with van der Waals surface area (Å²) in [6.07, 6.45) is 4.54. The largest absolute Gasteiger partial charge is 0.508 e. The number of phenols is 2. The summed E-state index contributed by atoms with van der Waals surface area (Å²) in [7, 11) is 0. The maximum absolute atomic E-state index is 10.3. The zero-order valence-electron chi connectivity index (χ0n) is 13.7. The van der Waals surface area contributed by atoms with Gasteiger partial charge in [0.2, 0.25) is 0 Å². The Labute approximate surface area is 152 Å². The zero-order chi connectivity index (χ0) is 20.4. The Morgan fingerprint density at radius 1 is 0.889 bits per heavy atom. The summed E-state index contributed by atoms with van der Waals surface area (Å²) < 4.78 is 0. The lowest BCUT2D eigenvalue weighted by Crippen LogP contribution is -1.89. The minimum Gasteiger partial charge on any atom is -0.508 e. The number of rotatable bonds is 5. The van der Waals surface area contributed by atoms with Crippen molar-refractivity contribution >= 4 is 29.8 Å². The first-order valence-electron chi connectivity index (χ1n) is 7.27. The molecule has 0 unspecified atom stereocenters. The van der Waals surface area contributed by atoms with Crippen LogP contribution >= 0.6 is 0 Å². The highest BCUT2D eigenvalue weighted by molar-refractivity contribution is 5.85. The normalized spacial score (nSPS) is 10.4. The Kier molecular flexibility index (Phi) is 7.73. The van der Waals surface area contributed by atoms with Gasteiger partial charge < -0.3 is 20.4 Å². The second-order valence-electron chi connectivity index (χ2n) is 4.94. The number of nitro groups is 1. The van der Waals surface area contributed by atoms with Crippen molar-refractivity contribution in [3.05, 3.63) is 75.9 Å². The molecule has 0 radical (unpaired) electrons. The van der Waals surface area contributed by atoms with Crippen LogP contribution in [-0.2, 0) is 9.59 Å². The first kappa shape index (κ1) is 20.9. The third-order valence-corrected chi connectivity index (χ3v) is 2.90. The maximum Gasteiger partial charge on any atom is 0.328 e. The van der Waals surface area contributed by atoms with Gasteiger partial charge in [-0.2, -0.15) is 0 Å². The number of phenolic OH excluding ortho intramolecular Hbond substituents is 2. The molecule has 4 N–H and O–H groups in total. The van der Waals surface area contributed by atoms with E-state index >= 15 is 0 Å². The van der Waals surface area contributed by atoms with Gasteiger partial charge in [0, 0.05) is 18.2 Å². The van der Waals surface area contributed by atoms with Gasteiger partial charge in [0.25, 0.3) is 0 Å². The smallest absolute Gasteiger partial charge is 0.328 e. The minimum absolute atomic E-state index is 0.127. The number of hydrogen-bond acceptors (Lipinski definition) is 6. The fourth-order valence-corrected chi connectivity index (χ4v) is 1.76. The van der Waals surface area contributed by atoms with Gasteiger partial charge in [-0.05, 0) is 47.5 Å². The summed E-state index contributed by atoms with van der Waals surface area (Å²) in [6, 6.07) is 9.94. The second kappa shape index (κ2) is 9.99. The zero-order valence-corrected chi connectivity index (χ0v) is 13.7. The maximum atomic E-state index is 10.3. The molecule has 0 heterocycles. The summed E-state index contributed by atoms with van der Waals surface area (Å²) in [6.45, 7) is 0. The fraction of sp³-hybridized carbons (Fsp3) is 0. The molecular weight excluding hydrogens is 358 g/mol. The van der Waals surface area contributed by atoms with E-state index in [2.05, 4.69) is 0 Å². The molecule has 0 spiro atoms. The molecule has 2 aromatic rings. The molecule has 0 saturated heterocycles. The van der Waals surface area contributed by atoms with Crippen LogP contribution in [0.5, 0.6) is 11.5 Å². The molecule has 27 heavy (non-hydrogen) atoms. The van der Waals surface area contributed by atoms with Crippen molar-refractivity contribution in [1.82, 2.24) is 0 Å². The van der Waals surface area contributed by atoms with Crippen LogP contribution in [0.25, 0.3) is 12.2 Å². The van der Waals surface area contributed by atoms with Crippen LogP contribution in [0.4, 0.5) is 5.69 Å². The van der Waals surface area contributed by atoms with Crippen LogP contribution in [0.1, 0.15) is 11.1 Å². The number of carboxylic acids is 2. The molecule has 0 amide bonds. The SMILES string of the molecule is O=C(O)/C=C/c1ccc([N+](=O)[O-])c(O)c1.O=C(O)/C=C/c1cccc(O)c1. The van der Waals surface area contributed by atoms with E-state index in [1.807, 2.05) is 0 Å². The van der Waals surface area contributed by atoms with Crippen molar-refractivity contribution in [1.29, 1.82) is 0 Å². The summed E-state index contributed by atoms with van der Waals surface area (Å²) in [5.74, 6) is -2.50. The summed E-state index contributed by atoms with van der Waals surface area (Å²) in [4.78, 5) is 29.9. The van der Waals surface area contributed by atoms with Crippen molar-refractivity contribution in [2.45, 2.75) is 0 Å². The summed E-state index contributed by atoms with van der Waals surface area (Å²) in [5.41, 5.74) is 0.625. The van der Waals surface area contributed by atoms with Gasteiger partial charge in [0.1, 0.15) is 5.75 Å². The van der Waals surface area contributed by atoms with Crippen molar-refractivity contribution < 1.29 is 34.9 Å². The Morgan fingerprint density at radius 3 is 1.89 bits per heavy atom. The lowest BCUT2D eigenvalue weighted by molar-refractivity contribution is -0.385. The molecule has 140 valence electrons. The quantitative estimate of drug-likeness (QED) is 0.354. The van der Waals surface area contributed by atoms with Crippen molar-refractivity contribution in [2.75, 3.05) is 0 Å². The first-order chi connectivity index (χ1) is 12.7. The number of aromatic hydroxyl groups is 2. The van der Waals surface area contributed by atoms with Crippen LogP contribution in [0.15, 0.2) is 54.6 Å². The highest BCUT2D eigenvalue weighted by Crippen LogP contribution is 2.26. The monoisotopic (exact) mass is 373 g/mol. The Morgan fingerprint density at radius 2 is 1.44 bits per heavy atom. The van der Waals surface area contributed by atoms with E-state index in [1.165, 1.54) is 30.4 Å². The molecule has 0 fully saturated rings. The van der Waals surface area contributed by atoms with E-state index in [4.69, 9.17) is 15.3 Å². The highest BCUT2D eigenvalue weighted by atomic mass is 16.6. The van der Waals surface area contributed by atoms with Gasteiger partial charge in [0.15, 0.2) is 5.75 Å². The average molecular weight is 373 g/mol. The lowest BCUT2D eigenvalue weighted by atomic mass is 10.2. The van der Waals surface area contributed by atoms with Gasteiger partial charge in [-0.3, -0.25) is 10.1 Å². The van der Waals surface area contributed by atoms with Crippen molar-refractivity contribution in [2.24, 2.45) is 0 Å². The number of benzene rings is 2. The molecule has 0 aliphatic carbocycles. The predicted octanol–water partition coefficient (Wildman–Crippen LogP) is 2.89. The van der Waals surface area contributed by atoms with Crippen LogP contribution in [0, 0.1) is 10.1 Å². The van der Waals surface area contributed by atoms with Gasteiger partial charge in [-0.15, -0.1) is 0 Å². The van der Waals surface area contributed by atoms with Crippen molar-refractivity contribution in [3.63, 3.8) is 0 Å². The third-order valence-electron chi connectivity index (χ3n) is 2.90. The molecule has 0 atom stereocenters. The Bertz CT molecular complexity index is 902. The van der Waals surface area contributed by atoms with Gasteiger partial charge in [-0.1, -0.05) is 12.1 Å². The predicted molar refractivity (Wildman–Crippen MR) is 96.2 cm³/mol. The molecule has 9 heteroatoms. The van der Waals surface area contributed by atoms with Gasteiger partial charge in [0.05, 0.1) is 4.92 Å². The lowest BCUT2D eigenvalue weighted by Gasteiger charge is -1.96. The van der Waals surface area contributed by atoms with Gasteiger partial charge >= 0.3 is 17.6 Å². The van der Waals surface area contributed by atoms with Gasteiger partial charge in [-0.25, -0.2) is 9.59 Å². The van der Waals surface area contributed by atoms with E-state index in [0.717, 1.165) is 24.3 Å². The summed E-state index contributed by atoms with van der Waals surface area (Å²) in [5, 5.41) is 45.2. The second-order valence-corrected chi connectivity index (χ2v) is 4.94. The number of carbonyl (C=O) groups is 2. The summed E-state index contributed by atoms with van der Waals surface area (Å²) >= 11 is 0. The fourth-order valence-electron chi connectivity index (χ4n) is 1.76. The number of aliphatic carboxylic acids is 2. The molecular formula is C18H15NO8. The number of nitrogens with zero attached hydrogens (tertiary/aromatic N) is 1. The molecule has 0 aliphatic heterocycles. The van der Waals surface area contributed by atoms with E-state index in [1.54, 1.807) is 12.1 Å². The van der Waals surface area contributed by atoms with Crippen LogP contribution in [0.3, 0.4) is 0 Å². The van der Waals surface area contributed by atoms with Crippen LogP contribution < -0.4 is 0 Å². The number of carboxylic acid groups (broad SMARTS) is 2. The average Bonchev–Trinajstić information content (AvgIpc) is 2.58.